The molecule has 1 saturated heterocycles. The van der Waals surface area contributed by atoms with Crippen molar-refractivity contribution >= 4 is 5.82 Å². The number of aromatic nitrogens is 3. The Bertz CT molecular complexity index is 672. The molecule has 1 aliphatic heterocycles. The number of rotatable bonds is 2. The highest BCUT2D eigenvalue weighted by atomic mass is 16.5. The smallest absolute Gasteiger partial charge is 0.128 e. The molecule has 3 rings (SSSR count). The Labute approximate surface area is 123 Å². The zero-order valence-corrected chi connectivity index (χ0v) is 12.2. The van der Waals surface area contributed by atoms with Crippen LogP contribution >= 0.6 is 0 Å². The molecule has 6 heteroatoms. The van der Waals surface area contributed by atoms with Crippen molar-refractivity contribution in [3.63, 3.8) is 0 Å². The van der Waals surface area contributed by atoms with Crippen LogP contribution in [0.2, 0.25) is 0 Å². The molecule has 1 fully saturated rings. The summed E-state index contributed by atoms with van der Waals surface area (Å²) in [5.41, 5.74) is 1.23. The molecular formula is C15H17N5O. The molecule has 6 nitrogen and oxygen atoms in total. The number of anilines is 1. The maximum atomic E-state index is 8.84. The van der Waals surface area contributed by atoms with Crippen LogP contribution in [0, 0.1) is 11.3 Å². The van der Waals surface area contributed by atoms with E-state index in [9.17, 15) is 0 Å². The van der Waals surface area contributed by atoms with Crippen LogP contribution in [0.15, 0.2) is 30.7 Å². The normalized spacial score (nSPS) is 22.0. The van der Waals surface area contributed by atoms with Gasteiger partial charge in [-0.25, -0.2) is 4.98 Å². The van der Waals surface area contributed by atoms with Crippen molar-refractivity contribution in [1.29, 1.82) is 5.26 Å². The van der Waals surface area contributed by atoms with Crippen molar-refractivity contribution in [2.75, 3.05) is 24.6 Å². The highest BCUT2D eigenvalue weighted by Crippen LogP contribution is 2.30. The van der Waals surface area contributed by atoms with E-state index in [2.05, 4.69) is 28.0 Å². The van der Waals surface area contributed by atoms with Crippen LogP contribution in [0.4, 0.5) is 5.82 Å². The van der Waals surface area contributed by atoms with Crippen LogP contribution in [-0.2, 0) is 17.4 Å². The lowest BCUT2D eigenvalue weighted by Crippen LogP contribution is -2.48. The molecule has 0 saturated carbocycles. The monoisotopic (exact) mass is 283 g/mol. The van der Waals surface area contributed by atoms with Gasteiger partial charge < -0.3 is 9.64 Å². The van der Waals surface area contributed by atoms with Crippen molar-refractivity contribution in [1.82, 2.24) is 14.8 Å². The van der Waals surface area contributed by atoms with E-state index < -0.39 is 5.60 Å². The summed E-state index contributed by atoms with van der Waals surface area (Å²) in [6, 6.07) is 5.76. The molecule has 2 aromatic heterocycles. The summed E-state index contributed by atoms with van der Waals surface area (Å²) in [6.07, 6.45) is 5.43. The van der Waals surface area contributed by atoms with Crippen molar-refractivity contribution in [2.24, 2.45) is 7.05 Å². The van der Waals surface area contributed by atoms with Gasteiger partial charge in [-0.3, -0.25) is 4.68 Å². The highest BCUT2D eigenvalue weighted by molar-refractivity contribution is 5.43. The lowest BCUT2D eigenvalue weighted by Gasteiger charge is -2.40. The first-order chi connectivity index (χ1) is 10.1. The molecule has 2 aromatic rings. The van der Waals surface area contributed by atoms with Gasteiger partial charge in [-0.15, -0.1) is 0 Å². The maximum absolute atomic E-state index is 8.84. The predicted octanol–water partition coefficient (Wildman–Crippen LogP) is 1.44. The Balaban J connectivity index is 1.83. The van der Waals surface area contributed by atoms with Crippen LogP contribution in [0.5, 0.6) is 0 Å². The molecule has 1 unspecified atom stereocenters. The van der Waals surface area contributed by atoms with Crippen LogP contribution < -0.4 is 4.90 Å². The Hall–Kier alpha value is -2.39. The van der Waals surface area contributed by atoms with E-state index in [-0.39, 0.29) is 0 Å². The minimum absolute atomic E-state index is 0.401. The van der Waals surface area contributed by atoms with Gasteiger partial charge in [0.25, 0.3) is 0 Å². The number of nitrogens with zero attached hydrogens (tertiary/aromatic N) is 5. The summed E-state index contributed by atoms with van der Waals surface area (Å²) in [6.45, 7) is 4.19. The first-order valence-electron chi connectivity index (χ1n) is 6.85. The van der Waals surface area contributed by atoms with E-state index in [1.54, 1.807) is 16.9 Å². The Morgan fingerprint density at radius 3 is 2.86 bits per heavy atom. The Morgan fingerprint density at radius 2 is 2.24 bits per heavy atom. The van der Waals surface area contributed by atoms with Gasteiger partial charge in [-0.2, -0.15) is 10.4 Å². The minimum Gasteiger partial charge on any atom is -0.367 e. The highest BCUT2D eigenvalue weighted by Gasteiger charge is 2.35. The average Bonchev–Trinajstić information content (AvgIpc) is 2.95. The van der Waals surface area contributed by atoms with Gasteiger partial charge in [0.15, 0.2) is 0 Å². The average molecular weight is 283 g/mol. The van der Waals surface area contributed by atoms with Crippen molar-refractivity contribution in [3.8, 4) is 6.07 Å². The summed E-state index contributed by atoms with van der Waals surface area (Å²) in [7, 11) is 1.90. The fraction of sp³-hybridized carbons (Fsp3) is 0.400. The van der Waals surface area contributed by atoms with Crippen LogP contribution in [-0.4, -0.2) is 34.5 Å². The number of morpholine rings is 1. The number of aryl methyl sites for hydroxylation is 1. The second-order valence-corrected chi connectivity index (χ2v) is 5.42. The molecule has 0 bridgehead atoms. The number of hydrogen-bond donors (Lipinski definition) is 0. The van der Waals surface area contributed by atoms with Gasteiger partial charge in [0.2, 0.25) is 0 Å². The zero-order chi connectivity index (χ0) is 14.9. The van der Waals surface area contributed by atoms with Crippen molar-refractivity contribution in [3.05, 3.63) is 41.9 Å². The molecule has 3 heterocycles. The number of ether oxygens (including phenoxy) is 1. The van der Waals surface area contributed by atoms with E-state index in [1.165, 1.54) is 0 Å². The van der Waals surface area contributed by atoms with Crippen molar-refractivity contribution in [2.45, 2.75) is 12.5 Å². The SMILES string of the molecule is Cn1cc(C2(C)CN(c3ccc(C#N)cn3)CCO2)cn1. The topological polar surface area (TPSA) is 67.0 Å². The second kappa shape index (κ2) is 5.19. The molecule has 0 spiro atoms. The summed E-state index contributed by atoms with van der Waals surface area (Å²) in [5, 5.41) is 13.1. The Morgan fingerprint density at radius 1 is 1.38 bits per heavy atom. The lowest BCUT2D eigenvalue weighted by molar-refractivity contribution is -0.0468. The molecule has 0 aliphatic carbocycles. The fourth-order valence-corrected chi connectivity index (χ4v) is 2.57. The molecule has 108 valence electrons. The third-order valence-corrected chi connectivity index (χ3v) is 3.79. The maximum Gasteiger partial charge on any atom is 0.128 e. The molecule has 1 atom stereocenters. The van der Waals surface area contributed by atoms with Crippen molar-refractivity contribution < 1.29 is 4.74 Å². The van der Waals surface area contributed by atoms with Crippen LogP contribution in [0.3, 0.4) is 0 Å². The van der Waals surface area contributed by atoms with E-state index in [1.807, 2.05) is 25.5 Å². The largest absolute Gasteiger partial charge is 0.367 e. The molecule has 0 radical (unpaired) electrons. The van der Waals surface area contributed by atoms with Gasteiger partial charge in [0.05, 0.1) is 24.9 Å². The van der Waals surface area contributed by atoms with Gasteiger partial charge in [0, 0.05) is 31.5 Å². The van der Waals surface area contributed by atoms with Gasteiger partial charge in [-0.05, 0) is 19.1 Å². The fourth-order valence-electron chi connectivity index (χ4n) is 2.57. The summed E-state index contributed by atoms with van der Waals surface area (Å²) in [4.78, 5) is 6.54. The molecular weight excluding hydrogens is 266 g/mol. The molecule has 0 N–H and O–H groups in total. The van der Waals surface area contributed by atoms with E-state index in [0.29, 0.717) is 18.7 Å². The first-order valence-corrected chi connectivity index (χ1v) is 6.85. The third kappa shape index (κ3) is 2.60. The van der Waals surface area contributed by atoms with Crippen LogP contribution in [0.1, 0.15) is 18.1 Å². The van der Waals surface area contributed by atoms with Gasteiger partial charge in [-0.1, -0.05) is 0 Å². The summed E-state index contributed by atoms with van der Waals surface area (Å²) in [5.74, 6) is 0.868. The molecule has 0 aromatic carbocycles. The standard InChI is InChI=1S/C15H17N5O/c1-15(13-9-18-19(2)10-13)11-20(5-6-21-15)14-4-3-12(7-16)8-17-14/h3-4,8-10H,5-6,11H2,1-2H3. The van der Waals surface area contributed by atoms with Gasteiger partial charge >= 0.3 is 0 Å². The zero-order valence-electron chi connectivity index (χ0n) is 12.2. The summed E-state index contributed by atoms with van der Waals surface area (Å²) < 4.78 is 7.77. The quantitative estimate of drug-likeness (QED) is 0.834. The molecule has 0 amide bonds. The molecule has 21 heavy (non-hydrogen) atoms. The van der Waals surface area contributed by atoms with E-state index in [0.717, 1.165) is 17.9 Å². The third-order valence-electron chi connectivity index (χ3n) is 3.79. The Kier molecular flexibility index (Phi) is 3.35. The van der Waals surface area contributed by atoms with E-state index >= 15 is 0 Å². The second-order valence-electron chi connectivity index (χ2n) is 5.42. The van der Waals surface area contributed by atoms with E-state index in [4.69, 9.17) is 10.00 Å². The molecule has 1 aliphatic rings. The number of nitriles is 1. The predicted molar refractivity (Wildman–Crippen MR) is 77.7 cm³/mol. The number of hydrogen-bond acceptors (Lipinski definition) is 5. The minimum atomic E-state index is -0.401. The van der Waals surface area contributed by atoms with Gasteiger partial charge in [0.1, 0.15) is 17.5 Å². The summed E-state index contributed by atoms with van der Waals surface area (Å²) >= 11 is 0. The lowest BCUT2D eigenvalue weighted by atomic mass is 9.97. The van der Waals surface area contributed by atoms with Crippen LogP contribution in [0.25, 0.3) is 0 Å². The number of pyridine rings is 1. The first kappa shape index (κ1) is 13.6.